The van der Waals surface area contributed by atoms with Crippen molar-refractivity contribution in [2.45, 2.75) is 31.6 Å². The van der Waals surface area contributed by atoms with Gasteiger partial charge in [0.1, 0.15) is 0 Å². The van der Waals surface area contributed by atoms with Gasteiger partial charge in [-0.1, -0.05) is 148 Å². The van der Waals surface area contributed by atoms with Gasteiger partial charge in [-0.05, 0) is 127 Å². The third-order valence-corrected chi connectivity index (χ3v) is 15.9. The van der Waals surface area contributed by atoms with Crippen LogP contribution in [-0.4, -0.2) is 8.07 Å². The summed E-state index contributed by atoms with van der Waals surface area (Å²) < 4.78 is 0. The zero-order chi connectivity index (χ0) is 38.0. The van der Waals surface area contributed by atoms with E-state index in [1.807, 2.05) is 0 Å². The summed E-state index contributed by atoms with van der Waals surface area (Å²) in [4.78, 5) is 4.82. The van der Waals surface area contributed by atoms with Gasteiger partial charge >= 0.3 is 0 Å². The summed E-state index contributed by atoms with van der Waals surface area (Å²) in [6, 6.07) is 71.4. The smallest absolute Gasteiger partial charge is 0.0609 e. The van der Waals surface area contributed by atoms with E-state index in [9.17, 15) is 0 Å². The fourth-order valence-electron chi connectivity index (χ4n) is 9.27. The molecule has 1 aliphatic rings. The molecule has 0 saturated heterocycles. The van der Waals surface area contributed by atoms with Crippen LogP contribution in [-0.2, 0) is 5.04 Å². The molecule has 1 atom stereocenters. The lowest BCUT2D eigenvalue weighted by Crippen LogP contribution is -2.47. The second kappa shape index (κ2) is 13.1. The molecule has 270 valence electrons. The van der Waals surface area contributed by atoms with Crippen molar-refractivity contribution in [3.05, 3.63) is 205 Å². The summed E-state index contributed by atoms with van der Waals surface area (Å²) in [7, 11) is -1.97. The van der Waals surface area contributed by atoms with Crippen LogP contribution < -0.4 is 9.80 Å². The summed E-state index contributed by atoms with van der Waals surface area (Å²) >= 11 is 0. The first kappa shape index (κ1) is 34.1. The third kappa shape index (κ3) is 5.30. The molecule has 0 radical (unpaired) electrons. The van der Waals surface area contributed by atoms with Crippen molar-refractivity contribution in [3.8, 4) is 11.1 Å². The molecule has 0 amide bonds. The Morgan fingerprint density at radius 3 is 1.48 bits per heavy atom. The number of para-hydroxylation sites is 3. The molecule has 1 aliphatic carbocycles. The summed E-state index contributed by atoms with van der Waals surface area (Å²) in [5.74, 6) is 0. The lowest BCUT2D eigenvalue weighted by atomic mass is 9.88. The van der Waals surface area contributed by atoms with Gasteiger partial charge in [-0.3, -0.25) is 0 Å². The van der Waals surface area contributed by atoms with E-state index < -0.39 is 8.07 Å². The Hall–Kier alpha value is -6.42. The first-order chi connectivity index (χ1) is 27.3. The summed E-state index contributed by atoms with van der Waals surface area (Å²) in [5, 5.41) is 7.58. The molecule has 2 nitrogen and oxygen atoms in total. The van der Waals surface area contributed by atoms with E-state index in [0.717, 1.165) is 28.4 Å². The van der Waals surface area contributed by atoms with Gasteiger partial charge in [0.05, 0.1) is 8.07 Å². The van der Waals surface area contributed by atoms with Crippen molar-refractivity contribution in [3.63, 3.8) is 0 Å². The molecular weight excluding hydrogens is 693 g/mol. The van der Waals surface area contributed by atoms with Gasteiger partial charge in [0.2, 0.25) is 0 Å². The van der Waals surface area contributed by atoms with E-state index in [0.29, 0.717) is 0 Å². The van der Waals surface area contributed by atoms with Crippen LogP contribution in [0.25, 0.3) is 43.4 Å². The lowest BCUT2D eigenvalue weighted by molar-refractivity contribution is 0.807. The minimum Gasteiger partial charge on any atom is -0.310 e. The van der Waals surface area contributed by atoms with E-state index in [-0.39, 0.29) is 5.04 Å². The van der Waals surface area contributed by atoms with Gasteiger partial charge in [-0.25, -0.2) is 0 Å². The molecule has 0 aliphatic heterocycles. The average molecular weight is 737 g/mol. The normalized spacial score (nSPS) is 14.9. The maximum Gasteiger partial charge on any atom is 0.0609 e. The molecule has 1 unspecified atom stereocenters. The first-order valence-electron chi connectivity index (χ1n) is 19.7. The highest BCUT2D eigenvalue weighted by atomic mass is 28.3. The van der Waals surface area contributed by atoms with Crippen LogP contribution in [0.15, 0.2) is 194 Å². The van der Waals surface area contributed by atoms with Crippen molar-refractivity contribution in [1.29, 1.82) is 0 Å². The maximum absolute atomic E-state index is 2.55. The fraction of sp³-hybridized carbons (Fsp3) is 0.0943. The summed E-state index contributed by atoms with van der Waals surface area (Å²) in [6.45, 7) is 10.2. The number of fused-ring (bicyclic) bond motifs is 9. The topological polar surface area (TPSA) is 6.48 Å². The zero-order valence-corrected chi connectivity index (χ0v) is 33.4. The first-order valence-corrected chi connectivity index (χ1v) is 23.2. The Bertz CT molecular complexity index is 2880. The van der Waals surface area contributed by atoms with E-state index in [1.165, 1.54) is 60.3 Å². The van der Waals surface area contributed by atoms with Crippen molar-refractivity contribution in [2.75, 3.05) is 9.80 Å². The van der Waals surface area contributed by atoms with E-state index in [1.54, 1.807) is 0 Å². The van der Waals surface area contributed by atoms with Gasteiger partial charge in [0.25, 0.3) is 0 Å². The molecule has 3 heteroatoms. The predicted octanol–water partition coefficient (Wildman–Crippen LogP) is 15.2. The van der Waals surface area contributed by atoms with Gasteiger partial charge < -0.3 is 9.80 Å². The van der Waals surface area contributed by atoms with Gasteiger partial charge in [0.15, 0.2) is 0 Å². The molecule has 10 rings (SSSR count). The largest absolute Gasteiger partial charge is 0.310 e. The number of anilines is 6. The molecule has 0 N–H and O–H groups in total. The number of benzene rings is 9. The van der Waals surface area contributed by atoms with Crippen LogP contribution in [0.3, 0.4) is 0 Å². The average Bonchev–Trinajstić information content (AvgIpc) is 3.51. The summed E-state index contributed by atoms with van der Waals surface area (Å²) in [5.41, 5.74) is 12.6. The molecular formula is C53H44N2Si. The molecule has 9 aromatic carbocycles. The van der Waals surface area contributed by atoms with Crippen LogP contribution >= 0.6 is 0 Å². The summed E-state index contributed by atoms with van der Waals surface area (Å²) in [6.07, 6.45) is 0. The van der Waals surface area contributed by atoms with Gasteiger partial charge in [-0.2, -0.15) is 0 Å². The van der Waals surface area contributed by atoms with Crippen LogP contribution in [0.5, 0.6) is 0 Å². The van der Waals surface area contributed by atoms with Crippen LogP contribution in [0.2, 0.25) is 19.6 Å². The SMILES string of the molecule is CC1([Si](C)(C)C)c2cc(N(c3ccccc3)c3ccccc3)ccc2-c2c1c1ccc(N(c3ccccc3)c3ccc4ccccc4c3)cc1c1ccccc21. The highest BCUT2D eigenvalue weighted by Crippen LogP contribution is 2.59. The third-order valence-electron chi connectivity index (χ3n) is 12.4. The molecule has 0 spiro atoms. The van der Waals surface area contributed by atoms with E-state index in [2.05, 4.69) is 230 Å². The number of nitrogens with zero attached hydrogens (tertiary/aromatic N) is 2. The predicted molar refractivity (Wildman–Crippen MR) is 244 cm³/mol. The number of rotatable bonds is 7. The highest BCUT2D eigenvalue weighted by molar-refractivity contribution is 6.80. The van der Waals surface area contributed by atoms with E-state index >= 15 is 0 Å². The van der Waals surface area contributed by atoms with Crippen molar-refractivity contribution >= 4 is 74.5 Å². The molecule has 9 aromatic rings. The van der Waals surface area contributed by atoms with Gasteiger partial charge in [0, 0.05) is 39.2 Å². The fourth-order valence-corrected chi connectivity index (χ4v) is 11.3. The van der Waals surface area contributed by atoms with Crippen molar-refractivity contribution in [1.82, 2.24) is 0 Å². The lowest BCUT2D eigenvalue weighted by Gasteiger charge is -2.40. The minimum atomic E-state index is -1.97. The van der Waals surface area contributed by atoms with Crippen molar-refractivity contribution in [2.24, 2.45) is 0 Å². The standard InChI is InChI=1S/C53H44N2Si/c1-53(56(2,3)4)50-36-44(54(39-20-8-5-9-21-39)40-22-10-6-11-23-40)31-33-48(50)51-46-27-17-16-26-45(46)49-35-43(30-32-47(49)52(51)53)55(41-24-12-7-13-25-41)42-29-28-37-18-14-15-19-38(37)34-42/h5-36H,1-4H3. The molecule has 0 heterocycles. The quantitative estimate of drug-likeness (QED) is 0.119. The monoisotopic (exact) mass is 736 g/mol. The Balaban J connectivity index is 1.22. The Morgan fingerprint density at radius 2 is 0.857 bits per heavy atom. The molecule has 0 saturated carbocycles. The number of hydrogen-bond acceptors (Lipinski definition) is 2. The van der Waals surface area contributed by atoms with Crippen molar-refractivity contribution < 1.29 is 0 Å². The van der Waals surface area contributed by atoms with Crippen LogP contribution in [0.4, 0.5) is 34.1 Å². The second-order valence-corrected chi connectivity index (χ2v) is 21.8. The second-order valence-electron chi connectivity index (χ2n) is 16.3. The molecule has 0 fully saturated rings. The molecule has 0 bridgehead atoms. The minimum absolute atomic E-state index is 0.159. The molecule has 56 heavy (non-hydrogen) atoms. The van der Waals surface area contributed by atoms with E-state index in [4.69, 9.17) is 0 Å². The van der Waals surface area contributed by atoms with Crippen LogP contribution in [0, 0.1) is 0 Å². The van der Waals surface area contributed by atoms with Crippen LogP contribution in [0.1, 0.15) is 18.1 Å². The molecule has 0 aromatic heterocycles. The van der Waals surface area contributed by atoms with Gasteiger partial charge in [-0.15, -0.1) is 0 Å². The zero-order valence-electron chi connectivity index (χ0n) is 32.4. The Labute approximate surface area is 330 Å². The Kier molecular flexibility index (Phi) is 7.98. The maximum atomic E-state index is 2.55. The highest BCUT2D eigenvalue weighted by Gasteiger charge is 2.50. The Morgan fingerprint density at radius 1 is 0.375 bits per heavy atom. The number of hydrogen-bond donors (Lipinski definition) is 0.